The Morgan fingerprint density at radius 3 is 2.50 bits per heavy atom. The average molecular weight is 360 g/mol. The SMILES string of the molecule is CC(C)NC(=O)Nc1ccc(C(=O)NCc2cn(CC(=O)O)nn2)cc1. The molecule has 0 aliphatic carbocycles. The molecule has 10 nitrogen and oxygen atoms in total. The predicted molar refractivity (Wildman–Crippen MR) is 92.6 cm³/mol. The number of hydrogen-bond acceptors (Lipinski definition) is 5. The maximum absolute atomic E-state index is 12.1. The summed E-state index contributed by atoms with van der Waals surface area (Å²) in [7, 11) is 0. The van der Waals surface area contributed by atoms with Crippen LogP contribution in [0, 0.1) is 0 Å². The lowest BCUT2D eigenvalue weighted by molar-refractivity contribution is -0.137. The quantitative estimate of drug-likeness (QED) is 0.577. The first-order valence-corrected chi connectivity index (χ1v) is 7.90. The first kappa shape index (κ1) is 18.9. The number of anilines is 1. The fraction of sp³-hybridized carbons (Fsp3) is 0.312. The topological polar surface area (TPSA) is 138 Å². The molecule has 138 valence electrons. The fourth-order valence-corrected chi connectivity index (χ4v) is 2.04. The molecule has 0 aliphatic rings. The van der Waals surface area contributed by atoms with Crippen molar-refractivity contribution in [3.05, 3.63) is 41.7 Å². The summed E-state index contributed by atoms with van der Waals surface area (Å²) in [5, 5.41) is 24.1. The van der Waals surface area contributed by atoms with Gasteiger partial charge in [-0.2, -0.15) is 0 Å². The van der Waals surface area contributed by atoms with Crippen LogP contribution in [0.4, 0.5) is 10.5 Å². The van der Waals surface area contributed by atoms with Crippen molar-refractivity contribution in [1.82, 2.24) is 25.6 Å². The van der Waals surface area contributed by atoms with Gasteiger partial charge < -0.3 is 21.1 Å². The lowest BCUT2D eigenvalue weighted by atomic mass is 10.2. The summed E-state index contributed by atoms with van der Waals surface area (Å²) in [5.74, 6) is -1.35. The van der Waals surface area contributed by atoms with Crippen molar-refractivity contribution in [3.63, 3.8) is 0 Å². The second kappa shape index (κ2) is 8.60. The highest BCUT2D eigenvalue weighted by molar-refractivity contribution is 5.95. The number of urea groups is 1. The lowest BCUT2D eigenvalue weighted by Crippen LogP contribution is -2.34. The highest BCUT2D eigenvalue weighted by atomic mass is 16.4. The van der Waals surface area contributed by atoms with E-state index >= 15 is 0 Å². The summed E-state index contributed by atoms with van der Waals surface area (Å²) in [4.78, 5) is 34.3. The molecule has 4 N–H and O–H groups in total. The number of benzene rings is 1. The molecule has 0 fully saturated rings. The Hall–Kier alpha value is -3.43. The molecule has 0 spiro atoms. The van der Waals surface area contributed by atoms with Gasteiger partial charge in [-0.25, -0.2) is 9.48 Å². The molecule has 0 unspecified atom stereocenters. The van der Waals surface area contributed by atoms with E-state index in [1.165, 1.54) is 10.9 Å². The molecular formula is C16H20N6O4. The lowest BCUT2D eigenvalue weighted by Gasteiger charge is -2.10. The maximum atomic E-state index is 12.1. The molecule has 26 heavy (non-hydrogen) atoms. The molecular weight excluding hydrogens is 340 g/mol. The molecule has 1 aromatic heterocycles. The minimum Gasteiger partial charge on any atom is -0.480 e. The molecule has 0 saturated heterocycles. The third kappa shape index (κ3) is 5.89. The highest BCUT2D eigenvalue weighted by Crippen LogP contribution is 2.09. The number of rotatable bonds is 7. The monoisotopic (exact) mass is 360 g/mol. The van der Waals surface area contributed by atoms with E-state index in [0.29, 0.717) is 16.9 Å². The van der Waals surface area contributed by atoms with Crippen LogP contribution in [0.5, 0.6) is 0 Å². The van der Waals surface area contributed by atoms with E-state index in [0.717, 1.165) is 0 Å². The van der Waals surface area contributed by atoms with E-state index in [1.54, 1.807) is 24.3 Å². The minimum atomic E-state index is -1.03. The van der Waals surface area contributed by atoms with Crippen molar-refractivity contribution in [2.24, 2.45) is 0 Å². The number of nitrogens with zero attached hydrogens (tertiary/aromatic N) is 3. The van der Waals surface area contributed by atoms with Crippen molar-refractivity contribution < 1.29 is 19.5 Å². The standard InChI is InChI=1S/C16H20N6O4/c1-10(2)18-16(26)19-12-5-3-11(4-6-12)15(25)17-7-13-8-22(21-20-13)9-14(23)24/h3-6,8,10H,7,9H2,1-2H3,(H,17,25)(H,23,24)(H2,18,19,26). The molecule has 2 rings (SSSR count). The Bertz CT molecular complexity index is 784. The van der Waals surface area contributed by atoms with Crippen LogP contribution in [0.2, 0.25) is 0 Å². The van der Waals surface area contributed by atoms with Crippen LogP contribution in [0.3, 0.4) is 0 Å². The van der Waals surface area contributed by atoms with E-state index in [2.05, 4.69) is 26.3 Å². The van der Waals surface area contributed by atoms with Gasteiger partial charge in [-0.1, -0.05) is 5.21 Å². The van der Waals surface area contributed by atoms with Crippen molar-refractivity contribution in [2.75, 3.05) is 5.32 Å². The molecule has 1 heterocycles. The number of carbonyl (C=O) groups excluding carboxylic acids is 2. The number of amides is 3. The molecule has 3 amide bonds. The Kier molecular flexibility index (Phi) is 6.25. The van der Waals surface area contributed by atoms with Crippen LogP contribution >= 0.6 is 0 Å². The number of carboxylic acids is 1. The van der Waals surface area contributed by atoms with E-state index in [-0.39, 0.29) is 31.1 Å². The van der Waals surface area contributed by atoms with Gasteiger partial charge in [-0.15, -0.1) is 5.10 Å². The molecule has 10 heteroatoms. The zero-order valence-corrected chi connectivity index (χ0v) is 14.4. The van der Waals surface area contributed by atoms with Crippen molar-refractivity contribution in [1.29, 1.82) is 0 Å². The summed E-state index contributed by atoms with van der Waals surface area (Å²) >= 11 is 0. The van der Waals surface area contributed by atoms with Gasteiger partial charge in [0, 0.05) is 17.3 Å². The Labute approximate surface area is 149 Å². The van der Waals surface area contributed by atoms with Crippen molar-refractivity contribution in [2.45, 2.75) is 33.0 Å². The summed E-state index contributed by atoms with van der Waals surface area (Å²) < 4.78 is 1.17. The first-order valence-electron chi connectivity index (χ1n) is 7.90. The molecule has 0 atom stereocenters. The van der Waals surface area contributed by atoms with Crippen LogP contribution < -0.4 is 16.0 Å². The van der Waals surface area contributed by atoms with Crippen LogP contribution in [-0.4, -0.2) is 44.0 Å². The number of carbonyl (C=O) groups is 3. The van der Waals surface area contributed by atoms with Gasteiger partial charge in [-0.05, 0) is 38.1 Å². The molecule has 0 bridgehead atoms. The van der Waals surface area contributed by atoms with Crippen molar-refractivity contribution in [3.8, 4) is 0 Å². The molecule has 0 aliphatic heterocycles. The Balaban J connectivity index is 1.86. The van der Waals surface area contributed by atoms with Gasteiger partial charge in [0.1, 0.15) is 12.2 Å². The smallest absolute Gasteiger partial charge is 0.325 e. The second-order valence-corrected chi connectivity index (χ2v) is 5.81. The summed E-state index contributed by atoms with van der Waals surface area (Å²) in [6.45, 7) is 3.54. The molecule has 0 radical (unpaired) electrons. The summed E-state index contributed by atoms with van der Waals surface area (Å²) in [6, 6.07) is 6.12. The Morgan fingerprint density at radius 2 is 1.88 bits per heavy atom. The van der Waals surface area contributed by atoms with Gasteiger partial charge in [0.15, 0.2) is 0 Å². The number of nitrogens with one attached hydrogen (secondary N) is 3. The number of aromatic nitrogens is 3. The minimum absolute atomic E-state index is 0.0218. The maximum Gasteiger partial charge on any atom is 0.325 e. The predicted octanol–water partition coefficient (Wildman–Crippen LogP) is 0.823. The zero-order chi connectivity index (χ0) is 19.1. The third-order valence-corrected chi connectivity index (χ3v) is 3.14. The van der Waals surface area contributed by atoms with E-state index < -0.39 is 5.97 Å². The number of carboxylic acid groups (broad SMARTS) is 1. The van der Waals surface area contributed by atoms with E-state index in [1.807, 2.05) is 13.8 Å². The first-order chi connectivity index (χ1) is 12.3. The van der Waals surface area contributed by atoms with Crippen LogP contribution in [0.15, 0.2) is 30.5 Å². The third-order valence-electron chi connectivity index (χ3n) is 3.14. The van der Waals surface area contributed by atoms with E-state index in [4.69, 9.17) is 5.11 Å². The number of aliphatic carboxylic acids is 1. The molecule has 1 aromatic carbocycles. The normalized spacial score (nSPS) is 10.4. The van der Waals surface area contributed by atoms with Gasteiger partial charge in [0.05, 0.1) is 12.7 Å². The molecule has 0 saturated carbocycles. The van der Waals surface area contributed by atoms with Crippen molar-refractivity contribution >= 4 is 23.6 Å². The zero-order valence-electron chi connectivity index (χ0n) is 14.4. The van der Waals surface area contributed by atoms with E-state index in [9.17, 15) is 14.4 Å². The fourth-order valence-electron chi connectivity index (χ4n) is 2.04. The van der Waals surface area contributed by atoms with Gasteiger partial charge in [0.25, 0.3) is 5.91 Å². The number of hydrogen-bond donors (Lipinski definition) is 4. The van der Waals surface area contributed by atoms with Crippen LogP contribution in [0.25, 0.3) is 0 Å². The van der Waals surface area contributed by atoms with Crippen LogP contribution in [0.1, 0.15) is 29.9 Å². The average Bonchev–Trinajstić information content (AvgIpc) is 2.99. The Morgan fingerprint density at radius 1 is 1.19 bits per heavy atom. The van der Waals surface area contributed by atoms with Crippen LogP contribution in [-0.2, 0) is 17.9 Å². The summed E-state index contributed by atoms with van der Waals surface area (Å²) in [5.41, 5.74) is 1.43. The van der Waals surface area contributed by atoms with Gasteiger partial charge in [-0.3, -0.25) is 9.59 Å². The molecule has 2 aromatic rings. The largest absolute Gasteiger partial charge is 0.480 e. The second-order valence-electron chi connectivity index (χ2n) is 5.81. The van der Waals surface area contributed by atoms with Gasteiger partial charge in [0.2, 0.25) is 0 Å². The summed E-state index contributed by atoms with van der Waals surface area (Å²) in [6.07, 6.45) is 1.45. The highest BCUT2D eigenvalue weighted by Gasteiger charge is 2.09. The van der Waals surface area contributed by atoms with Gasteiger partial charge >= 0.3 is 12.0 Å².